The number of ether oxygens (including phenoxy) is 1. The van der Waals surface area contributed by atoms with Crippen molar-refractivity contribution in [3.63, 3.8) is 0 Å². The molecular formula is C21H24N6O3. The SMILES string of the molecule is CCOc1cc(CCC(=O)N2C[C@H]3CCc4nnc(-c5ccncc5)n4[C@H]3C2)on1. The third-order valence-electron chi connectivity index (χ3n) is 5.95. The number of hydrogen-bond donors (Lipinski definition) is 0. The fourth-order valence-electron chi connectivity index (χ4n) is 4.50. The van der Waals surface area contributed by atoms with Gasteiger partial charge in [0.15, 0.2) is 5.82 Å². The summed E-state index contributed by atoms with van der Waals surface area (Å²) in [7, 11) is 0. The molecule has 0 N–H and O–H groups in total. The molecule has 3 aromatic rings. The second kappa shape index (κ2) is 7.89. The second-order valence-corrected chi connectivity index (χ2v) is 7.78. The van der Waals surface area contributed by atoms with E-state index in [0.717, 1.165) is 36.6 Å². The summed E-state index contributed by atoms with van der Waals surface area (Å²) >= 11 is 0. The predicted octanol–water partition coefficient (Wildman–Crippen LogP) is 2.31. The van der Waals surface area contributed by atoms with E-state index in [0.29, 0.717) is 43.6 Å². The van der Waals surface area contributed by atoms with Crippen molar-refractivity contribution in [1.29, 1.82) is 0 Å². The monoisotopic (exact) mass is 408 g/mol. The van der Waals surface area contributed by atoms with Crippen LogP contribution in [0.1, 0.15) is 37.4 Å². The van der Waals surface area contributed by atoms with Gasteiger partial charge in [-0.1, -0.05) is 0 Å². The van der Waals surface area contributed by atoms with Gasteiger partial charge in [-0.05, 0) is 36.6 Å². The molecule has 0 aromatic carbocycles. The molecule has 30 heavy (non-hydrogen) atoms. The number of aryl methyl sites for hydroxylation is 2. The zero-order valence-electron chi connectivity index (χ0n) is 16.9. The molecule has 0 bridgehead atoms. The molecule has 0 aliphatic carbocycles. The first-order valence-corrected chi connectivity index (χ1v) is 10.4. The Balaban J connectivity index is 1.28. The number of likely N-dealkylation sites (tertiary alicyclic amines) is 1. The van der Waals surface area contributed by atoms with E-state index in [4.69, 9.17) is 9.26 Å². The van der Waals surface area contributed by atoms with Gasteiger partial charge >= 0.3 is 0 Å². The minimum Gasteiger partial charge on any atom is -0.476 e. The molecule has 2 atom stereocenters. The van der Waals surface area contributed by atoms with Crippen LogP contribution in [0.4, 0.5) is 0 Å². The van der Waals surface area contributed by atoms with Gasteiger partial charge < -0.3 is 18.7 Å². The van der Waals surface area contributed by atoms with Crippen molar-refractivity contribution >= 4 is 5.91 Å². The van der Waals surface area contributed by atoms with Crippen LogP contribution in [0.15, 0.2) is 35.1 Å². The molecule has 0 radical (unpaired) electrons. The van der Waals surface area contributed by atoms with E-state index in [1.54, 1.807) is 18.5 Å². The highest BCUT2D eigenvalue weighted by molar-refractivity contribution is 5.76. The first-order valence-electron chi connectivity index (χ1n) is 10.4. The summed E-state index contributed by atoms with van der Waals surface area (Å²) in [5.74, 6) is 3.57. The highest BCUT2D eigenvalue weighted by Gasteiger charge is 2.41. The van der Waals surface area contributed by atoms with E-state index in [2.05, 4.69) is 24.9 Å². The van der Waals surface area contributed by atoms with E-state index in [-0.39, 0.29) is 11.9 Å². The number of aromatic nitrogens is 5. The number of carbonyl (C=O) groups is 1. The summed E-state index contributed by atoms with van der Waals surface area (Å²) in [5.41, 5.74) is 1.00. The molecule has 2 aliphatic rings. The average Bonchev–Trinajstić information content (AvgIpc) is 3.50. The third kappa shape index (κ3) is 3.44. The molecule has 1 fully saturated rings. The normalized spacial score (nSPS) is 20.1. The molecule has 156 valence electrons. The molecule has 1 amide bonds. The molecule has 2 aliphatic heterocycles. The summed E-state index contributed by atoms with van der Waals surface area (Å²) in [4.78, 5) is 19.0. The van der Waals surface area contributed by atoms with Crippen molar-refractivity contribution in [2.45, 2.75) is 38.6 Å². The van der Waals surface area contributed by atoms with Gasteiger partial charge in [-0.3, -0.25) is 9.78 Å². The number of rotatable bonds is 6. The lowest BCUT2D eigenvalue weighted by Gasteiger charge is -2.27. The summed E-state index contributed by atoms with van der Waals surface area (Å²) in [6, 6.07) is 5.87. The number of amides is 1. The van der Waals surface area contributed by atoms with Gasteiger partial charge in [-0.25, -0.2) is 0 Å². The van der Waals surface area contributed by atoms with Crippen molar-refractivity contribution in [1.82, 2.24) is 29.8 Å². The van der Waals surface area contributed by atoms with Gasteiger partial charge in [0, 0.05) is 56.4 Å². The van der Waals surface area contributed by atoms with Crippen LogP contribution in [0.2, 0.25) is 0 Å². The molecule has 5 rings (SSSR count). The number of carbonyl (C=O) groups excluding carboxylic acids is 1. The van der Waals surface area contributed by atoms with Crippen LogP contribution in [0.3, 0.4) is 0 Å². The van der Waals surface area contributed by atoms with Crippen LogP contribution in [0.5, 0.6) is 5.88 Å². The highest BCUT2D eigenvalue weighted by atomic mass is 16.5. The molecule has 1 saturated heterocycles. The minimum atomic E-state index is 0.138. The van der Waals surface area contributed by atoms with Gasteiger partial charge in [0.25, 0.3) is 5.88 Å². The van der Waals surface area contributed by atoms with E-state index in [9.17, 15) is 4.79 Å². The average molecular weight is 408 g/mol. The number of pyridine rings is 1. The molecule has 0 spiro atoms. The van der Waals surface area contributed by atoms with Gasteiger partial charge in [-0.2, -0.15) is 0 Å². The largest absolute Gasteiger partial charge is 0.476 e. The smallest absolute Gasteiger partial charge is 0.254 e. The molecule has 0 unspecified atom stereocenters. The van der Waals surface area contributed by atoms with Gasteiger partial charge in [0.05, 0.1) is 12.6 Å². The molecule has 0 saturated carbocycles. The molecular weight excluding hydrogens is 384 g/mol. The van der Waals surface area contributed by atoms with Crippen LogP contribution in [0.25, 0.3) is 11.4 Å². The lowest BCUT2D eigenvalue weighted by atomic mass is 9.93. The van der Waals surface area contributed by atoms with E-state index in [1.807, 2.05) is 24.0 Å². The predicted molar refractivity (Wildman–Crippen MR) is 107 cm³/mol. The van der Waals surface area contributed by atoms with E-state index in [1.165, 1.54) is 0 Å². The Morgan fingerprint density at radius 2 is 2.13 bits per heavy atom. The number of fused-ring (bicyclic) bond motifs is 3. The van der Waals surface area contributed by atoms with Gasteiger partial charge in [0.1, 0.15) is 11.6 Å². The van der Waals surface area contributed by atoms with Crippen LogP contribution in [-0.4, -0.2) is 55.4 Å². The van der Waals surface area contributed by atoms with Crippen LogP contribution >= 0.6 is 0 Å². The van der Waals surface area contributed by atoms with Crippen LogP contribution < -0.4 is 4.74 Å². The Kier molecular flexibility index (Phi) is 4.94. The lowest BCUT2D eigenvalue weighted by Crippen LogP contribution is -2.29. The van der Waals surface area contributed by atoms with E-state index < -0.39 is 0 Å². The fraction of sp³-hybridized carbons (Fsp3) is 0.476. The summed E-state index contributed by atoms with van der Waals surface area (Å²) in [6.45, 7) is 3.89. The Labute approximate surface area is 174 Å². The minimum absolute atomic E-state index is 0.138. The molecule has 5 heterocycles. The first-order chi connectivity index (χ1) is 14.7. The molecule has 9 heteroatoms. The quantitative estimate of drug-likeness (QED) is 0.617. The maximum absolute atomic E-state index is 12.9. The van der Waals surface area contributed by atoms with Gasteiger partial charge in [-0.15, -0.1) is 10.2 Å². The van der Waals surface area contributed by atoms with Crippen molar-refractivity contribution in [3.8, 4) is 17.3 Å². The zero-order chi connectivity index (χ0) is 20.5. The van der Waals surface area contributed by atoms with Crippen molar-refractivity contribution < 1.29 is 14.1 Å². The maximum atomic E-state index is 12.9. The van der Waals surface area contributed by atoms with Gasteiger partial charge in [0.2, 0.25) is 5.91 Å². The lowest BCUT2D eigenvalue weighted by molar-refractivity contribution is -0.130. The Bertz CT molecular complexity index is 1030. The summed E-state index contributed by atoms with van der Waals surface area (Å²) in [6.07, 6.45) is 6.37. The third-order valence-corrected chi connectivity index (χ3v) is 5.95. The van der Waals surface area contributed by atoms with Crippen LogP contribution in [0, 0.1) is 5.92 Å². The standard InChI is InChI=1S/C21H24N6O3/c1-2-29-19-11-16(30-25-19)4-6-20(28)26-12-15-3-5-18-23-24-21(27(18)17(15)13-26)14-7-9-22-10-8-14/h7-11,15,17H,2-6,12-13H2,1H3/t15-,17+/m1/s1. The molecule has 3 aromatic heterocycles. The fourth-order valence-corrected chi connectivity index (χ4v) is 4.50. The Morgan fingerprint density at radius 3 is 2.97 bits per heavy atom. The maximum Gasteiger partial charge on any atom is 0.254 e. The topological polar surface area (TPSA) is 99.2 Å². The first kappa shape index (κ1) is 18.8. The number of hydrogen-bond acceptors (Lipinski definition) is 7. The summed E-state index contributed by atoms with van der Waals surface area (Å²) in [5, 5.41) is 12.7. The zero-order valence-corrected chi connectivity index (χ0v) is 16.9. The van der Waals surface area contributed by atoms with Crippen molar-refractivity contribution in [2.75, 3.05) is 19.7 Å². The van der Waals surface area contributed by atoms with Crippen LogP contribution in [-0.2, 0) is 17.6 Å². The van der Waals surface area contributed by atoms with Crippen molar-refractivity contribution in [3.05, 3.63) is 42.2 Å². The second-order valence-electron chi connectivity index (χ2n) is 7.78. The number of nitrogens with zero attached hydrogens (tertiary/aromatic N) is 6. The highest BCUT2D eigenvalue weighted by Crippen LogP contribution is 2.39. The van der Waals surface area contributed by atoms with Crippen molar-refractivity contribution in [2.24, 2.45) is 5.92 Å². The Hall–Kier alpha value is -3.23. The Morgan fingerprint density at radius 1 is 1.27 bits per heavy atom. The summed E-state index contributed by atoms with van der Waals surface area (Å²) < 4.78 is 12.8. The van der Waals surface area contributed by atoms with E-state index >= 15 is 0 Å². The molecule has 9 nitrogen and oxygen atoms in total.